The molecule has 0 radical (unpaired) electrons. The Morgan fingerprint density at radius 1 is 1.32 bits per heavy atom. The molecule has 0 unspecified atom stereocenters. The molecule has 1 saturated heterocycles. The second-order valence-electron chi connectivity index (χ2n) is 6.15. The van der Waals surface area contributed by atoms with Gasteiger partial charge in [0, 0.05) is 25.0 Å². The lowest BCUT2D eigenvalue weighted by atomic mass is 9.82. The van der Waals surface area contributed by atoms with Crippen LogP contribution < -0.4 is 5.46 Å². The van der Waals surface area contributed by atoms with Crippen LogP contribution in [0.1, 0.15) is 40.7 Å². The molecule has 2 heterocycles. The lowest BCUT2D eigenvalue weighted by Gasteiger charge is -2.32. The lowest BCUT2D eigenvalue weighted by Crippen LogP contribution is -2.41. The molecule has 1 atom stereocenters. The number of hydrogen-bond donors (Lipinski definition) is 0. The van der Waals surface area contributed by atoms with Gasteiger partial charge in [-0.1, -0.05) is 0 Å². The van der Waals surface area contributed by atoms with Crippen molar-refractivity contribution in [1.29, 1.82) is 0 Å². The molecule has 0 aliphatic carbocycles. The number of hydrogen-bond acceptors (Lipinski definition) is 4. The van der Waals surface area contributed by atoms with Crippen molar-refractivity contribution in [3.8, 4) is 0 Å². The Labute approximate surface area is 115 Å². The predicted molar refractivity (Wildman–Crippen MR) is 74.5 cm³/mol. The molecular weight excluding hydrogens is 243 g/mol. The summed E-state index contributed by atoms with van der Waals surface area (Å²) in [6.07, 6.45) is 3.76. The first-order valence-electron chi connectivity index (χ1n) is 6.65. The number of nitrogens with zero attached hydrogens (tertiary/aromatic N) is 2. The van der Waals surface area contributed by atoms with E-state index >= 15 is 0 Å². The highest BCUT2D eigenvalue weighted by molar-refractivity contribution is 6.61. The van der Waals surface area contributed by atoms with E-state index in [1.807, 2.05) is 38.6 Å². The fourth-order valence-electron chi connectivity index (χ4n) is 2.01. The van der Waals surface area contributed by atoms with Crippen molar-refractivity contribution < 1.29 is 14.0 Å². The monoisotopic (exact) mass is 266 g/mol. The van der Waals surface area contributed by atoms with Crippen molar-refractivity contribution >= 4 is 12.6 Å². The zero-order valence-corrected chi connectivity index (χ0v) is 12.6. The molecule has 0 bridgehead atoms. The van der Waals surface area contributed by atoms with Gasteiger partial charge in [-0.05, 0) is 34.6 Å². The summed E-state index contributed by atoms with van der Waals surface area (Å²) in [7, 11) is 1.34. The summed E-state index contributed by atoms with van der Waals surface area (Å²) >= 11 is 0. The van der Waals surface area contributed by atoms with E-state index in [1.165, 1.54) is 0 Å². The summed E-state index contributed by atoms with van der Waals surface area (Å²) in [6.45, 7) is 10.9. The molecule has 106 valence electrons. The van der Waals surface area contributed by atoms with E-state index in [4.69, 9.17) is 14.0 Å². The fraction of sp³-hybridized carbons (Fsp3) is 0.769. The van der Waals surface area contributed by atoms with Crippen LogP contribution in [-0.4, -0.2) is 41.8 Å². The third-order valence-corrected chi connectivity index (χ3v) is 4.01. The molecule has 1 aliphatic heterocycles. The first-order chi connectivity index (χ1) is 8.77. The quantitative estimate of drug-likeness (QED) is 0.772. The zero-order chi connectivity index (χ0) is 14.3. The molecule has 1 aliphatic rings. The van der Waals surface area contributed by atoms with Crippen LogP contribution in [0, 0.1) is 0 Å². The molecule has 5 nitrogen and oxygen atoms in total. The van der Waals surface area contributed by atoms with E-state index in [0.717, 1.165) is 5.46 Å². The van der Waals surface area contributed by atoms with Crippen molar-refractivity contribution in [2.45, 2.75) is 51.9 Å². The Kier molecular flexibility index (Phi) is 3.77. The zero-order valence-electron chi connectivity index (χ0n) is 12.6. The molecule has 0 saturated carbocycles. The molecule has 1 aromatic heterocycles. The number of ether oxygens (including phenoxy) is 1. The van der Waals surface area contributed by atoms with Crippen LogP contribution in [0.3, 0.4) is 0 Å². The van der Waals surface area contributed by atoms with Crippen LogP contribution in [0.5, 0.6) is 0 Å². The summed E-state index contributed by atoms with van der Waals surface area (Å²) in [5.41, 5.74) is 0.303. The smallest absolute Gasteiger partial charge is 0.399 e. The summed E-state index contributed by atoms with van der Waals surface area (Å²) in [5.74, 6) is 0. The van der Waals surface area contributed by atoms with E-state index in [2.05, 4.69) is 12.0 Å². The minimum absolute atomic E-state index is 0.196. The molecule has 0 aromatic carbocycles. The maximum absolute atomic E-state index is 6.00. The Bertz CT molecular complexity index is 429. The maximum Gasteiger partial charge on any atom is 0.498 e. The highest BCUT2D eigenvalue weighted by Crippen LogP contribution is 2.36. The van der Waals surface area contributed by atoms with Gasteiger partial charge in [-0.3, -0.25) is 4.68 Å². The first kappa shape index (κ1) is 14.6. The van der Waals surface area contributed by atoms with Crippen LogP contribution >= 0.6 is 0 Å². The highest BCUT2D eigenvalue weighted by atomic mass is 16.7. The average Bonchev–Trinajstić information content (AvgIpc) is 2.83. The third-order valence-electron chi connectivity index (χ3n) is 4.01. The first-order valence-corrected chi connectivity index (χ1v) is 6.65. The topological polar surface area (TPSA) is 45.5 Å². The molecule has 1 fully saturated rings. The molecular formula is C13H23BN2O3. The fourth-order valence-corrected chi connectivity index (χ4v) is 2.01. The number of rotatable bonds is 4. The average molecular weight is 266 g/mol. The van der Waals surface area contributed by atoms with E-state index in [-0.39, 0.29) is 24.4 Å². The second-order valence-corrected chi connectivity index (χ2v) is 6.15. The van der Waals surface area contributed by atoms with Gasteiger partial charge < -0.3 is 14.0 Å². The Balaban J connectivity index is 2.13. The van der Waals surface area contributed by atoms with E-state index in [0.29, 0.717) is 6.61 Å². The Morgan fingerprint density at radius 3 is 2.42 bits per heavy atom. The Hall–Kier alpha value is -0.845. The van der Waals surface area contributed by atoms with Gasteiger partial charge in [-0.25, -0.2) is 0 Å². The summed E-state index contributed by atoms with van der Waals surface area (Å²) in [4.78, 5) is 0. The van der Waals surface area contributed by atoms with Crippen LogP contribution in [-0.2, 0) is 14.0 Å². The van der Waals surface area contributed by atoms with Crippen molar-refractivity contribution in [3.05, 3.63) is 12.4 Å². The van der Waals surface area contributed by atoms with Crippen molar-refractivity contribution in [1.82, 2.24) is 9.78 Å². The molecule has 0 amide bonds. The van der Waals surface area contributed by atoms with Gasteiger partial charge in [0.2, 0.25) is 0 Å². The Morgan fingerprint density at radius 2 is 1.89 bits per heavy atom. The maximum atomic E-state index is 6.00. The van der Waals surface area contributed by atoms with Crippen molar-refractivity contribution in [2.24, 2.45) is 0 Å². The third kappa shape index (κ3) is 2.71. The summed E-state index contributed by atoms with van der Waals surface area (Å²) in [5, 5.41) is 4.35. The van der Waals surface area contributed by atoms with Crippen LogP contribution in [0.2, 0.25) is 0 Å². The van der Waals surface area contributed by atoms with Gasteiger partial charge in [0.05, 0.1) is 23.9 Å². The molecule has 2 rings (SSSR count). The minimum atomic E-state index is -0.353. The van der Waals surface area contributed by atoms with Gasteiger partial charge in [-0.15, -0.1) is 0 Å². The van der Waals surface area contributed by atoms with Gasteiger partial charge >= 0.3 is 7.12 Å². The molecule has 0 spiro atoms. The van der Waals surface area contributed by atoms with Gasteiger partial charge in [-0.2, -0.15) is 5.10 Å². The summed E-state index contributed by atoms with van der Waals surface area (Å²) < 4.78 is 19.0. The second kappa shape index (κ2) is 4.92. The highest BCUT2D eigenvalue weighted by Gasteiger charge is 2.52. The van der Waals surface area contributed by atoms with Crippen LogP contribution in [0.25, 0.3) is 0 Å². The van der Waals surface area contributed by atoms with Gasteiger partial charge in [0.15, 0.2) is 0 Å². The standard InChI is InChI=1S/C13H23BN2O3/c1-10(9-17-6)16-8-11(7-15-16)14-18-12(2,3)13(4,5)19-14/h7-8,10H,9H2,1-6H3/t10-/m1/s1. The van der Waals surface area contributed by atoms with E-state index in [1.54, 1.807) is 13.3 Å². The summed E-state index contributed by atoms with van der Waals surface area (Å²) in [6, 6.07) is 0.196. The lowest BCUT2D eigenvalue weighted by molar-refractivity contribution is 0.00578. The molecule has 0 N–H and O–H groups in total. The SMILES string of the molecule is COC[C@@H](C)n1cc(B2OC(C)(C)C(C)(C)O2)cn1. The van der Waals surface area contributed by atoms with Crippen molar-refractivity contribution in [3.63, 3.8) is 0 Å². The van der Waals surface area contributed by atoms with Crippen LogP contribution in [0.4, 0.5) is 0 Å². The normalized spacial score (nSPS) is 22.7. The van der Waals surface area contributed by atoms with E-state index < -0.39 is 0 Å². The predicted octanol–water partition coefficient (Wildman–Crippen LogP) is 1.39. The van der Waals surface area contributed by atoms with Gasteiger partial charge in [0.25, 0.3) is 0 Å². The minimum Gasteiger partial charge on any atom is -0.399 e. The molecule has 1 aromatic rings. The van der Waals surface area contributed by atoms with Crippen LogP contribution in [0.15, 0.2) is 12.4 Å². The molecule has 6 heteroatoms. The number of aromatic nitrogens is 2. The van der Waals surface area contributed by atoms with Gasteiger partial charge in [0.1, 0.15) is 0 Å². The molecule has 19 heavy (non-hydrogen) atoms. The van der Waals surface area contributed by atoms with Crippen molar-refractivity contribution in [2.75, 3.05) is 13.7 Å². The number of methoxy groups -OCH3 is 1. The largest absolute Gasteiger partial charge is 0.498 e. The van der Waals surface area contributed by atoms with E-state index in [9.17, 15) is 0 Å².